The van der Waals surface area contributed by atoms with Crippen LogP contribution in [0, 0.1) is 0 Å². The Kier molecular flexibility index (Phi) is 7.14. The summed E-state index contributed by atoms with van der Waals surface area (Å²) in [4.78, 5) is 30.1. The number of rotatable bonds is 8. The van der Waals surface area contributed by atoms with Gasteiger partial charge in [-0.15, -0.1) is 11.8 Å². The molecule has 1 amide bonds. The van der Waals surface area contributed by atoms with E-state index in [4.69, 9.17) is 4.74 Å². The normalized spacial score (nSPS) is 16.5. The van der Waals surface area contributed by atoms with E-state index in [-0.39, 0.29) is 11.7 Å². The first-order valence-corrected chi connectivity index (χ1v) is 11.9. The summed E-state index contributed by atoms with van der Waals surface area (Å²) >= 11 is 1.51. The highest BCUT2D eigenvalue weighted by Gasteiger charge is 2.20. The second-order valence-electron chi connectivity index (χ2n) is 7.80. The van der Waals surface area contributed by atoms with Crippen molar-refractivity contribution in [1.29, 1.82) is 0 Å². The number of benzene rings is 2. The molecule has 0 aliphatic carbocycles. The SMILES string of the molecule is CCOc1ccccc1N1CCN(CCCC(=O)c2ccc3c(c2)NC(=O)CS3)CC1. The van der Waals surface area contributed by atoms with Crippen LogP contribution in [-0.4, -0.2) is 61.7 Å². The Bertz CT molecular complexity index is 941. The molecule has 4 rings (SSSR count). The number of thioether (sulfide) groups is 1. The fraction of sp³-hybridized carbons (Fsp3) is 0.417. The van der Waals surface area contributed by atoms with Crippen LogP contribution in [0.15, 0.2) is 47.4 Å². The number of fused-ring (bicyclic) bond motifs is 1. The molecule has 0 bridgehead atoms. The van der Waals surface area contributed by atoms with E-state index in [1.807, 2.05) is 37.3 Å². The van der Waals surface area contributed by atoms with E-state index in [0.717, 1.165) is 61.2 Å². The summed E-state index contributed by atoms with van der Waals surface area (Å²) < 4.78 is 5.77. The van der Waals surface area contributed by atoms with Crippen molar-refractivity contribution in [2.24, 2.45) is 0 Å². The molecule has 2 aliphatic heterocycles. The average molecular weight is 440 g/mol. The van der Waals surface area contributed by atoms with Crippen LogP contribution in [-0.2, 0) is 4.79 Å². The minimum atomic E-state index is -0.00915. The van der Waals surface area contributed by atoms with Gasteiger partial charge in [0.15, 0.2) is 5.78 Å². The van der Waals surface area contributed by atoms with Crippen LogP contribution in [0.5, 0.6) is 5.75 Å². The predicted molar refractivity (Wildman–Crippen MR) is 126 cm³/mol. The number of ketones is 1. The van der Waals surface area contributed by atoms with Gasteiger partial charge < -0.3 is 15.0 Å². The maximum Gasteiger partial charge on any atom is 0.234 e. The number of nitrogens with one attached hydrogen (secondary N) is 1. The Labute approximate surface area is 187 Å². The first-order chi connectivity index (χ1) is 15.1. The molecule has 0 saturated carbocycles. The summed E-state index contributed by atoms with van der Waals surface area (Å²) in [5.74, 6) is 1.51. The molecule has 0 atom stereocenters. The number of amides is 1. The third-order valence-electron chi connectivity index (χ3n) is 5.69. The van der Waals surface area contributed by atoms with E-state index in [2.05, 4.69) is 27.2 Å². The second kappa shape index (κ2) is 10.2. The number of hydrogen-bond acceptors (Lipinski definition) is 6. The quantitative estimate of drug-likeness (QED) is 0.629. The molecular weight excluding hydrogens is 410 g/mol. The lowest BCUT2D eigenvalue weighted by Gasteiger charge is -2.36. The summed E-state index contributed by atoms with van der Waals surface area (Å²) in [6, 6.07) is 13.8. The monoisotopic (exact) mass is 439 g/mol. The highest BCUT2D eigenvalue weighted by Crippen LogP contribution is 2.32. The summed E-state index contributed by atoms with van der Waals surface area (Å²) in [5.41, 5.74) is 2.60. The molecule has 6 nitrogen and oxygen atoms in total. The fourth-order valence-corrected chi connectivity index (χ4v) is 4.86. The van der Waals surface area contributed by atoms with Crippen LogP contribution in [0.25, 0.3) is 0 Å². The summed E-state index contributed by atoms with van der Waals surface area (Å²) in [5, 5.41) is 2.86. The van der Waals surface area contributed by atoms with Crippen molar-refractivity contribution in [2.75, 3.05) is 55.3 Å². The number of piperazine rings is 1. The molecule has 7 heteroatoms. The largest absolute Gasteiger partial charge is 0.492 e. The lowest BCUT2D eigenvalue weighted by molar-refractivity contribution is -0.113. The number of ether oxygens (including phenoxy) is 1. The van der Waals surface area contributed by atoms with Crippen LogP contribution >= 0.6 is 11.8 Å². The standard InChI is InChI=1S/C24H29N3O3S/c1-2-30-22-8-4-3-6-20(22)27-14-12-26(13-15-27)11-5-7-21(28)18-9-10-23-19(16-18)25-24(29)17-31-23/h3-4,6,8-10,16H,2,5,7,11-15,17H2,1H3,(H,25,29). The molecule has 0 radical (unpaired) electrons. The second-order valence-corrected chi connectivity index (χ2v) is 8.82. The molecule has 2 aromatic carbocycles. The summed E-state index contributed by atoms with van der Waals surface area (Å²) in [6.45, 7) is 7.48. The van der Waals surface area contributed by atoms with E-state index >= 15 is 0 Å². The smallest absolute Gasteiger partial charge is 0.234 e. The van der Waals surface area contributed by atoms with E-state index in [1.165, 1.54) is 11.8 Å². The highest BCUT2D eigenvalue weighted by atomic mass is 32.2. The number of carbonyl (C=O) groups excluding carboxylic acids is 2. The number of carbonyl (C=O) groups is 2. The van der Waals surface area contributed by atoms with E-state index in [9.17, 15) is 9.59 Å². The fourth-order valence-electron chi connectivity index (χ4n) is 4.07. The van der Waals surface area contributed by atoms with Crippen LogP contribution < -0.4 is 15.0 Å². The van der Waals surface area contributed by atoms with Crippen LogP contribution in [0.3, 0.4) is 0 Å². The number of hydrogen-bond donors (Lipinski definition) is 1. The van der Waals surface area contributed by atoms with Gasteiger partial charge in [-0.3, -0.25) is 14.5 Å². The average Bonchev–Trinajstić information content (AvgIpc) is 2.79. The molecule has 1 N–H and O–H groups in total. The Balaban J connectivity index is 1.24. The van der Waals surface area contributed by atoms with E-state index < -0.39 is 0 Å². The summed E-state index contributed by atoms with van der Waals surface area (Å²) in [6.07, 6.45) is 1.36. The zero-order valence-electron chi connectivity index (χ0n) is 17.9. The number of para-hydroxylation sites is 2. The van der Waals surface area contributed by atoms with Gasteiger partial charge in [-0.25, -0.2) is 0 Å². The van der Waals surface area contributed by atoms with Gasteiger partial charge in [0.1, 0.15) is 5.75 Å². The van der Waals surface area contributed by atoms with Crippen molar-refractivity contribution in [3.63, 3.8) is 0 Å². The van der Waals surface area contributed by atoms with Crippen molar-refractivity contribution >= 4 is 34.8 Å². The lowest BCUT2D eigenvalue weighted by atomic mass is 10.1. The predicted octanol–water partition coefficient (Wildman–Crippen LogP) is 3.91. The van der Waals surface area contributed by atoms with Gasteiger partial charge in [0.25, 0.3) is 0 Å². The Hall–Kier alpha value is -2.51. The van der Waals surface area contributed by atoms with Crippen molar-refractivity contribution in [3.05, 3.63) is 48.0 Å². The zero-order valence-corrected chi connectivity index (χ0v) is 18.7. The minimum Gasteiger partial charge on any atom is -0.492 e. The molecule has 2 aliphatic rings. The van der Waals surface area contributed by atoms with Gasteiger partial charge >= 0.3 is 0 Å². The van der Waals surface area contributed by atoms with Crippen molar-refractivity contribution < 1.29 is 14.3 Å². The Morgan fingerprint density at radius 1 is 1.13 bits per heavy atom. The van der Waals surface area contributed by atoms with Crippen molar-refractivity contribution in [1.82, 2.24) is 4.90 Å². The molecule has 0 spiro atoms. The first-order valence-electron chi connectivity index (χ1n) is 10.9. The zero-order chi connectivity index (χ0) is 21.6. The molecule has 0 unspecified atom stereocenters. The topological polar surface area (TPSA) is 61.9 Å². The molecule has 31 heavy (non-hydrogen) atoms. The molecule has 0 aromatic heterocycles. The minimum absolute atomic E-state index is 0.00915. The van der Waals surface area contributed by atoms with Gasteiger partial charge in [0.05, 0.1) is 23.7 Å². The van der Waals surface area contributed by atoms with Gasteiger partial charge in [-0.2, -0.15) is 0 Å². The van der Waals surface area contributed by atoms with E-state index in [1.54, 1.807) is 0 Å². The maximum atomic E-state index is 12.6. The van der Waals surface area contributed by atoms with Crippen LogP contribution in [0.2, 0.25) is 0 Å². The van der Waals surface area contributed by atoms with Crippen LogP contribution in [0.4, 0.5) is 11.4 Å². The summed E-state index contributed by atoms with van der Waals surface area (Å²) in [7, 11) is 0. The van der Waals surface area contributed by atoms with Crippen molar-refractivity contribution in [2.45, 2.75) is 24.7 Å². The molecule has 1 saturated heterocycles. The number of Topliss-reactive ketones (excluding diaryl/α,β-unsaturated/α-hetero) is 1. The molecule has 2 aromatic rings. The van der Waals surface area contributed by atoms with Crippen LogP contribution in [0.1, 0.15) is 30.1 Å². The third-order valence-corrected chi connectivity index (χ3v) is 6.76. The number of anilines is 2. The van der Waals surface area contributed by atoms with Gasteiger partial charge in [0.2, 0.25) is 5.91 Å². The Morgan fingerprint density at radius 2 is 1.94 bits per heavy atom. The van der Waals surface area contributed by atoms with Gasteiger partial charge in [-0.1, -0.05) is 18.2 Å². The number of nitrogens with zero attached hydrogens (tertiary/aromatic N) is 2. The van der Waals surface area contributed by atoms with Crippen molar-refractivity contribution in [3.8, 4) is 5.75 Å². The van der Waals surface area contributed by atoms with Gasteiger partial charge in [-0.05, 0) is 44.2 Å². The lowest BCUT2D eigenvalue weighted by Crippen LogP contribution is -2.46. The molecular formula is C24H29N3O3S. The highest BCUT2D eigenvalue weighted by molar-refractivity contribution is 8.00. The van der Waals surface area contributed by atoms with E-state index in [0.29, 0.717) is 24.3 Å². The first kappa shape index (κ1) is 21.7. The Morgan fingerprint density at radius 3 is 2.74 bits per heavy atom. The third kappa shape index (κ3) is 5.40. The molecule has 1 fully saturated rings. The maximum absolute atomic E-state index is 12.6. The molecule has 164 valence electrons. The van der Waals surface area contributed by atoms with Gasteiger partial charge in [0, 0.05) is 43.1 Å². The molecule has 2 heterocycles.